The van der Waals surface area contributed by atoms with Gasteiger partial charge >= 0.3 is 0 Å². The Morgan fingerprint density at radius 2 is 1.77 bits per heavy atom. The summed E-state index contributed by atoms with van der Waals surface area (Å²) in [6.45, 7) is 2.87. The van der Waals surface area contributed by atoms with E-state index in [2.05, 4.69) is 5.32 Å². The third-order valence-corrected chi connectivity index (χ3v) is 4.61. The van der Waals surface area contributed by atoms with Gasteiger partial charge in [0.05, 0.1) is 5.56 Å². The summed E-state index contributed by atoms with van der Waals surface area (Å²) in [7, 11) is 0. The average Bonchev–Trinajstić information content (AvgIpc) is 2.64. The first-order valence-electron chi connectivity index (χ1n) is 8.59. The second-order valence-corrected chi connectivity index (χ2v) is 6.57. The zero-order valence-corrected chi connectivity index (χ0v) is 14.5. The number of phenolic OH excluding ortho intramolecular Hbond substituents is 1. The summed E-state index contributed by atoms with van der Waals surface area (Å²) in [6, 6.07) is 10.3. The molecule has 2 aromatic carbocycles. The Morgan fingerprint density at radius 1 is 1.12 bits per heavy atom. The molecule has 1 aliphatic heterocycles. The molecule has 0 aromatic heterocycles. The second kappa shape index (κ2) is 7.56. The molecule has 1 saturated heterocycles. The molecule has 2 aromatic rings. The fraction of sp³-hybridized carbons (Fsp3) is 0.300. The Bertz CT molecular complexity index is 812. The number of phenols is 1. The molecule has 6 heteroatoms. The zero-order chi connectivity index (χ0) is 18.7. The number of benzene rings is 2. The van der Waals surface area contributed by atoms with Crippen molar-refractivity contribution in [2.45, 2.75) is 25.8 Å². The van der Waals surface area contributed by atoms with Crippen LogP contribution in [0, 0.1) is 12.7 Å². The summed E-state index contributed by atoms with van der Waals surface area (Å²) in [5.41, 5.74) is 1.63. The molecule has 0 spiro atoms. The molecule has 1 fully saturated rings. The number of hydrogen-bond acceptors (Lipinski definition) is 3. The van der Waals surface area contributed by atoms with E-state index in [4.69, 9.17) is 0 Å². The first kappa shape index (κ1) is 17.9. The minimum absolute atomic E-state index is 0.0210. The maximum Gasteiger partial charge on any atom is 0.257 e. The number of amides is 2. The van der Waals surface area contributed by atoms with E-state index in [-0.39, 0.29) is 29.4 Å². The summed E-state index contributed by atoms with van der Waals surface area (Å²) in [5.74, 6) is -0.847. The highest BCUT2D eigenvalue weighted by molar-refractivity contribution is 5.97. The molecular formula is C20H21FN2O3. The average molecular weight is 356 g/mol. The van der Waals surface area contributed by atoms with E-state index in [1.807, 2.05) is 6.92 Å². The zero-order valence-electron chi connectivity index (χ0n) is 14.5. The van der Waals surface area contributed by atoms with Crippen LogP contribution in [0.3, 0.4) is 0 Å². The Kier molecular flexibility index (Phi) is 5.21. The summed E-state index contributed by atoms with van der Waals surface area (Å²) in [5, 5.41) is 12.8. The van der Waals surface area contributed by atoms with E-state index in [9.17, 15) is 19.1 Å². The molecule has 0 saturated carbocycles. The van der Waals surface area contributed by atoms with Gasteiger partial charge in [-0.2, -0.15) is 0 Å². The lowest BCUT2D eigenvalue weighted by molar-refractivity contribution is 0.0695. The number of piperidine rings is 1. The van der Waals surface area contributed by atoms with E-state index in [0.717, 1.165) is 5.56 Å². The van der Waals surface area contributed by atoms with Crippen molar-refractivity contribution in [2.24, 2.45) is 0 Å². The van der Waals surface area contributed by atoms with Gasteiger partial charge in [-0.1, -0.05) is 11.6 Å². The number of carbonyl (C=O) groups is 2. The maximum atomic E-state index is 12.9. The molecule has 2 amide bonds. The second-order valence-electron chi connectivity index (χ2n) is 6.57. The molecule has 2 N–H and O–H groups in total. The van der Waals surface area contributed by atoms with Crippen LogP contribution in [0.25, 0.3) is 0 Å². The molecule has 1 aliphatic rings. The number of nitrogens with zero attached hydrogens (tertiary/aromatic N) is 1. The highest BCUT2D eigenvalue weighted by Crippen LogP contribution is 2.22. The van der Waals surface area contributed by atoms with Gasteiger partial charge in [0.2, 0.25) is 0 Å². The quantitative estimate of drug-likeness (QED) is 0.888. The molecule has 26 heavy (non-hydrogen) atoms. The van der Waals surface area contributed by atoms with E-state index < -0.39 is 0 Å². The lowest BCUT2D eigenvalue weighted by atomic mass is 10.0. The Hall–Kier alpha value is -2.89. The van der Waals surface area contributed by atoms with Gasteiger partial charge in [0.25, 0.3) is 11.8 Å². The molecule has 0 atom stereocenters. The Balaban J connectivity index is 1.57. The number of aryl methyl sites for hydroxylation is 1. The van der Waals surface area contributed by atoms with Crippen LogP contribution in [-0.2, 0) is 0 Å². The summed E-state index contributed by atoms with van der Waals surface area (Å²) >= 11 is 0. The lowest BCUT2D eigenvalue weighted by Gasteiger charge is -2.32. The van der Waals surface area contributed by atoms with Crippen molar-refractivity contribution in [2.75, 3.05) is 13.1 Å². The predicted molar refractivity (Wildman–Crippen MR) is 95.6 cm³/mol. The van der Waals surface area contributed by atoms with Crippen molar-refractivity contribution >= 4 is 11.8 Å². The molecule has 0 bridgehead atoms. The highest BCUT2D eigenvalue weighted by Gasteiger charge is 2.26. The third-order valence-electron chi connectivity index (χ3n) is 4.61. The molecule has 1 heterocycles. The fourth-order valence-electron chi connectivity index (χ4n) is 3.09. The lowest BCUT2D eigenvalue weighted by Crippen LogP contribution is -2.46. The normalized spacial score (nSPS) is 14.9. The molecule has 0 radical (unpaired) electrons. The van der Waals surface area contributed by atoms with Crippen molar-refractivity contribution < 1.29 is 19.1 Å². The first-order valence-corrected chi connectivity index (χ1v) is 8.59. The van der Waals surface area contributed by atoms with Crippen LogP contribution >= 0.6 is 0 Å². The number of rotatable bonds is 3. The van der Waals surface area contributed by atoms with E-state index in [0.29, 0.717) is 37.1 Å². The van der Waals surface area contributed by atoms with Crippen molar-refractivity contribution in [3.8, 4) is 5.75 Å². The van der Waals surface area contributed by atoms with E-state index >= 15 is 0 Å². The fourth-order valence-corrected chi connectivity index (χ4v) is 3.09. The SMILES string of the molecule is Cc1ccc(O)c(C(=O)N2CCC(NC(=O)c3ccc(F)cc3)CC2)c1. The molecule has 3 rings (SSSR count). The predicted octanol–water partition coefficient (Wildman–Crippen LogP) is 2.87. The summed E-state index contributed by atoms with van der Waals surface area (Å²) in [6.07, 6.45) is 1.26. The number of aromatic hydroxyl groups is 1. The van der Waals surface area contributed by atoms with Crippen LogP contribution in [0.15, 0.2) is 42.5 Å². The third kappa shape index (κ3) is 4.02. The van der Waals surface area contributed by atoms with Crippen LogP contribution < -0.4 is 5.32 Å². The number of halogens is 1. The van der Waals surface area contributed by atoms with Crippen molar-refractivity contribution in [1.29, 1.82) is 0 Å². The molecule has 0 aliphatic carbocycles. The number of likely N-dealkylation sites (tertiary alicyclic amines) is 1. The summed E-state index contributed by atoms with van der Waals surface area (Å²) < 4.78 is 12.9. The molecular weight excluding hydrogens is 335 g/mol. The van der Waals surface area contributed by atoms with Crippen LogP contribution in [-0.4, -0.2) is 41.0 Å². The Labute approximate surface area is 151 Å². The smallest absolute Gasteiger partial charge is 0.257 e. The first-order chi connectivity index (χ1) is 12.4. The highest BCUT2D eigenvalue weighted by atomic mass is 19.1. The van der Waals surface area contributed by atoms with Gasteiger partial charge in [0.1, 0.15) is 11.6 Å². The van der Waals surface area contributed by atoms with Crippen LogP contribution in [0.1, 0.15) is 39.1 Å². The van der Waals surface area contributed by atoms with Crippen molar-refractivity contribution in [1.82, 2.24) is 10.2 Å². The van der Waals surface area contributed by atoms with Crippen LogP contribution in [0.4, 0.5) is 4.39 Å². The largest absolute Gasteiger partial charge is 0.507 e. The molecule has 136 valence electrons. The van der Waals surface area contributed by atoms with Gasteiger partial charge in [-0.3, -0.25) is 9.59 Å². The van der Waals surface area contributed by atoms with Gasteiger partial charge < -0.3 is 15.3 Å². The van der Waals surface area contributed by atoms with Crippen LogP contribution in [0.2, 0.25) is 0 Å². The monoisotopic (exact) mass is 356 g/mol. The molecule has 0 unspecified atom stereocenters. The van der Waals surface area contributed by atoms with Gasteiger partial charge in [-0.25, -0.2) is 4.39 Å². The summed E-state index contributed by atoms with van der Waals surface area (Å²) in [4.78, 5) is 26.5. The number of nitrogens with one attached hydrogen (secondary N) is 1. The van der Waals surface area contributed by atoms with Gasteiger partial charge in [0.15, 0.2) is 0 Å². The molecule has 5 nitrogen and oxygen atoms in total. The van der Waals surface area contributed by atoms with E-state index in [1.54, 1.807) is 17.0 Å². The topological polar surface area (TPSA) is 69.6 Å². The van der Waals surface area contributed by atoms with Gasteiger partial charge in [0, 0.05) is 24.7 Å². The van der Waals surface area contributed by atoms with Gasteiger partial charge in [-0.15, -0.1) is 0 Å². The Morgan fingerprint density at radius 3 is 2.42 bits per heavy atom. The number of carbonyl (C=O) groups excluding carboxylic acids is 2. The minimum Gasteiger partial charge on any atom is -0.507 e. The van der Waals surface area contributed by atoms with Crippen molar-refractivity contribution in [3.63, 3.8) is 0 Å². The maximum absolute atomic E-state index is 12.9. The number of hydrogen-bond donors (Lipinski definition) is 2. The van der Waals surface area contributed by atoms with Crippen LogP contribution in [0.5, 0.6) is 5.75 Å². The standard InChI is InChI=1S/C20H21FN2O3/c1-13-2-7-18(24)17(12-13)20(26)23-10-8-16(9-11-23)22-19(25)14-3-5-15(21)6-4-14/h2-7,12,16,24H,8-11H2,1H3,(H,22,25). The van der Waals surface area contributed by atoms with Gasteiger partial charge in [-0.05, 0) is 56.2 Å². The van der Waals surface area contributed by atoms with E-state index in [1.165, 1.54) is 30.3 Å². The minimum atomic E-state index is -0.382. The van der Waals surface area contributed by atoms with Crippen molar-refractivity contribution in [3.05, 3.63) is 65.0 Å².